The molecule has 2 aliphatic rings. The minimum Gasteiger partial charge on any atom is -0.494 e. The topological polar surface area (TPSA) is 124 Å². The predicted molar refractivity (Wildman–Crippen MR) is 187 cm³/mol. The third-order valence-electron chi connectivity index (χ3n) is 8.90. The number of aromatic nitrogens is 4. The van der Waals surface area contributed by atoms with E-state index in [0.29, 0.717) is 23.5 Å². The Morgan fingerprint density at radius 3 is 2.47 bits per heavy atom. The molecule has 0 saturated carbocycles. The Labute approximate surface area is 269 Å². The standard InChI is InChI=1S/C32H43N11OS/c1-21-18-26(28(44-4)19-27(21)43-12-8-22(9-13-43)42-16-14-40(2)15-17-42)38-32-36-20-23(33)31(39-32)37-25-7-6-24-29(35-11-10-34-24)30(25)41(3)45-5/h6-7,10-11,18-20,22H,8-9,12-17,33H2,1-5H3,(H2,36,37,38,39). The maximum Gasteiger partial charge on any atom is 0.229 e. The van der Waals surface area contributed by atoms with E-state index in [1.165, 1.54) is 37.2 Å². The van der Waals surface area contributed by atoms with Gasteiger partial charge in [-0.25, -0.2) is 4.98 Å². The molecule has 0 spiro atoms. The molecule has 0 radical (unpaired) electrons. The second kappa shape index (κ2) is 13.5. The van der Waals surface area contributed by atoms with Gasteiger partial charge in [-0.3, -0.25) is 14.9 Å². The first-order valence-electron chi connectivity index (χ1n) is 15.4. The molecule has 238 valence electrons. The van der Waals surface area contributed by atoms with E-state index in [-0.39, 0.29) is 0 Å². The van der Waals surface area contributed by atoms with E-state index in [2.05, 4.69) is 66.4 Å². The summed E-state index contributed by atoms with van der Waals surface area (Å²) >= 11 is 1.58. The lowest BCUT2D eigenvalue weighted by molar-refractivity contribution is 0.0982. The van der Waals surface area contributed by atoms with Gasteiger partial charge in [0.25, 0.3) is 0 Å². The number of piperazine rings is 1. The monoisotopic (exact) mass is 629 g/mol. The summed E-state index contributed by atoms with van der Waals surface area (Å²) in [6.45, 7) is 8.90. The lowest BCUT2D eigenvalue weighted by Crippen LogP contribution is -2.52. The summed E-state index contributed by atoms with van der Waals surface area (Å²) in [7, 11) is 5.90. The molecular formula is C32H43N11OS. The van der Waals surface area contributed by atoms with Gasteiger partial charge in [-0.1, -0.05) is 11.9 Å². The maximum absolute atomic E-state index is 6.35. The van der Waals surface area contributed by atoms with Crippen LogP contribution in [0.4, 0.5) is 40.2 Å². The number of fused-ring (bicyclic) bond motifs is 1. The molecule has 0 aliphatic carbocycles. The highest BCUT2D eigenvalue weighted by molar-refractivity contribution is 7.99. The number of nitrogens with one attached hydrogen (secondary N) is 2. The Bertz CT molecular complexity index is 1640. The molecular weight excluding hydrogens is 586 g/mol. The number of anilines is 7. The highest BCUT2D eigenvalue weighted by Crippen LogP contribution is 2.39. The lowest BCUT2D eigenvalue weighted by Gasteiger charge is -2.43. The Hall–Kier alpha value is -4.07. The first-order valence-corrected chi connectivity index (χ1v) is 16.6. The molecule has 4 N–H and O–H groups in total. The van der Waals surface area contributed by atoms with Crippen molar-refractivity contribution in [2.24, 2.45) is 0 Å². The Morgan fingerprint density at radius 2 is 1.73 bits per heavy atom. The number of likely N-dealkylation sites (N-methyl/N-ethyl adjacent to an activating group) is 1. The fourth-order valence-corrected chi connectivity index (χ4v) is 6.64. The van der Waals surface area contributed by atoms with Crippen molar-refractivity contribution < 1.29 is 4.74 Å². The molecule has 2 aliphatic heterocycles. The van der Waals surface area contributed by atoms with Crippen LogP contribution in [0.3, 0.4) is 0 Å². The first kappa shape index (κ1) is 30.9. The number of aryl methyl sites for hydroxylation is 1. The Morgan fingerprint density at radius 1 is 0.978 bits per heavy atom. The Balaban J connectivity index is 1.20. The second-order valence-corrected chi connectivity index (χ2v) is 12.6. The van der Waals surface area contributed by atoms with E-state index in [1.54, 1.807) is 37.6 Å². The van der Waals surface area contributed by atoms with Gasteiger partial charge in [0.05, 0.1) is 41.6 Å². The summed E-state index contributed by atoms with van der Waals surface area (Å²) in [5.41, 5.74) is 13.3. The van der Waals surface area contributed by atoms with Crippen LogP contribution in [0.2, 0.25) is 0 Å². The van der Waals surface area contributed by atoms with Crippen LogP contribution in [-0.2, 0) is 0 Å². The molecule has 2 fully saturated rings. The van der Waals surface area contributed by atoms with E-state index >= 15 is 0 Å². The van der Waals surface area contributed by atoms with Crippen molar-refractivity contribution in [1.29, 1.82) is 0 Å². The molecule has 0 amide bonds. The number of nitrogens with two attached hydrogens (primary N) is 1. The van der Waals surface area contributed by atoms with E-state index in [1.807, 2.05) is 29.7 Å². The molecule has 2 saturated heterocycles. The normalized spacial score (nSPS) is 16.6. The number of methoxy groups -OCH3 is 1. The van der Waals surface area contributed by atoms with Crippen LogP contribution in [0.1, 0.15) is 18.4 Å². The lowest BCUT2D eigenvalue weighted by atomic mass is 10.0. The average Bonchev–Trinajstić information content (AvgIpc) is 3.06. The zero-order valence-electron chi connectivity index (χ0n) is 26.7. The summed E-state index contributed by atoms with van der Waals surface area (Å²) in [6.07, 6.45) is 9.37. The summed E-state index contributed by atoms with van der Waals surface area (Å²) in [4.78, 5) is 25.9. The largest absolute Gasteiger partial charge is 0.494 e. The number of nitrogens with zero attached hydrogens (tertiary/aromatic N) is 8. The molecule has 4 aromatic rings. The molecule has 0 unspecified atom stereocenters. The van der Waals surface area contributed by atoms with Gasteiger partial charge in [0.2, 0.25) is 5.95 Å². The molecule has 0 bridgehead atoms. The van der Waals surface area contributed by atoms with Crippen molar-refractivity contribution in [3.63, 3.8) is 0 Å². The van der Waals surface area contributed by atoms with E-state index < -0.39 is 0 Å². The van der Waals surface area contributed by atoms with Gasteiger partial charge in [0.15, 0.2) is 5.82 Å². The van der Waals surface area contributed by atoms with Gasteiger partial charge >= 0.3 is 0 Å². The fourth-order valence-electron chi connectivity index (χ4n) is 6.28. The fraction of sp³-hybridized carbons (Fsp3) is 0.438. The van der Waals surface area contributed by atoms with Crippen molar-refractivity contribution in [2.75, 3.05) is 92.3 Å². The minimum atomic E-state index is 0.408. The van der Waals surface area contributed by atoms with Crippen LogP contribution < -0.4 is 30.3 Å². The van der Waals surface area contributed by atoms with Crippen molar-refractivity contribution in [1.82, 2.24) is 29.7 Å². The van der Waals surface area contributed by atoms with Gasteiger partial charge in [-0.15, -0.1) is 0 Å². The summed E-state index contributed by atoms with van der Waals surface area (Å²) < 4.78 is 7.90. The zero-order valence-corrected chi connectivity index (χ0v) is 27.6. The van der Waals surface area contributed by atoms with Crippen molar-refractivity contribution in [3.05, 3.63) is 48.4 Å². The Kier molecular flexibility index (Phi) is 9.29. The number of nitrogen functional groups attached to an aromatic ring is 1. The SMILES string of the molecule is COc1cc(N2CCC(N3CCN(C)CC3)CC2)c(C)cc1Nc1ncc(N)c(Nc2ccc3nccnc3c2N(C)SC)n1. The highest BCUT2D eigenvalue weighted by Gasteiger charge is 2.28. The summed E-state index contributed by atoms with van der Waals surface area (Å²) in [5.74, 6) is 1.64. The predicted octanol–water partition coefficient (Wildman–Crippen LogP) is 4.74. The van der Waals surface area contributed by atoms with Gasteiger partial charge in [0, 0.05) is 82.8 Å². The van der Waals surface area contributed by atoms with Gasteiger partial charge < -0.3 is 35.2 Å². The summed E-state index contributed by atoms with van der Waals surface area (Å²) in [6, 6.07) is 8.81. The number of benzene rings is 2. The second-order valence-electron chi connectivity index (χ2n) is 11.7. The molecule has 2 aromatic heterocycles. The smallest absolute Gasteiger partial charge is 0.229 e. The highest BCUT2D eigenvalue weighted by atomic mass is 32.2. The summed E-state index contributed by atoms with van der Waals surface area (Å²) in [5, 5.41) is 6.78. The number of hydrogen-bond acceptors (Lipinski definition) is 13. The van der Waals surface area contributed by atoms with Crippen molar-refractivity contribution in [2.45, 2.75) is 25.8 Å². The third kappa shape index (κ3) is 6.65. The zero-order chi connectivity index (χ0) is 31.5. The molecule has 4 heterocycles. The number of rotatable bonds is 9. The van der Waals surface area contributed by atoms with Crippen LogP contribution in [0.5, 0.6) is 5.75 Å². The first-order chi connectivity index (χ1) is 21.8. The van der Waals surface area contributed by atoms with Crippen LogP contribution in [0, 0.1) is 6.92 Å². The van der Waals surface area contributed by atoms with E-state index in [4.69, 9.17) is 15.5 Å². The van der Waals surface area contributed by atoms with Crippen molar-refractivity contribution >= 4 is 63.2 Å². The molecule has 13 heteroatoms. The third-order valence-corrected chi connectivity index (χ3v) is 9.63. The number of ether oxygens (including phenoxy) is 1. The molecule has 0 atom stereocenters. The van der Waals surface area contributed by atoms with Gasteiger partial charge in [-0.2, -0.15) is 4.98 Å². The van der Waals surface area contributed by atoms with Crippen LogP contribution in [-0.4, -0.2) is 103 Å². The molecule has 45 heavy (non-hydrogen) atoms. The quantitative estimate of drug-likeness (QED) is 0.221. The van der Waals surface area contributed by atoms with Crippen molar-refractivity contribution in [3.8, 4) is 5.75 Å². The van der Waals surface area contributed by atoms with E-state index in [0.717, 1.165) is 60.0 Å². The van der Waals surface area contributed by atoms with Crippen LogP contribution in [0.15, 0.2) is 42.9 Å². The number of hydrogen-bond donors (Lipinski definition) is 3. The molecule has 6 rings (SSSR count). The van der Waals surface area contributed by atoms with Crippen LogP contribution in [0.25, 0.3) is 11.0 Å². The van der Waals surface area contributed by atoms with E-state index in [9.17, 15) is 0 Å². The van der Waals surface area contributed by atoms with Gasteiger partial charge in [-0.05, 0) is 50.6 Å². The molecule has 12 nitrogen and oxygen atoms in total. The minimum absolute atomic E-state index is 0.408. The van der Waals surface area contributed by atoms with Gasteiger partial charge in [0.1, 0.15) is 11.3 Å². The number of piperidine rings is 1. The van der Waals surface area contributed by atoms with Crippen LogP contribution >= 0.6 is 11.9 Å². The average molecular weight is 630 g/mol. The molecule has 2 aromatic carbocycles. The maximum atomic E-state index is 6.35.